The van der Waals surface area contributed by atoms with E-state index in [0.29, 0.717) is 77.1 Å². The Labute approximate surface area is 317 Å². The van der Waals surface area contributed by atoms with E-state index < -0.39 is 16.6 Å². The van der Waals surface area contributed by atoms with Crippen LogP contribution in [0.1, 0.15) is 12.8 Å². The second-order valence-corrected chi connectivity index (χ2v) is 12.2. The average molecular weight is 784 g/mol. The number of methoxy groups -OCH3 is 2. The number of hydrogen-bond donors (Lipinski definition) is 3. The maximum Gasteiger partial charge on any atom is 0.311 e. The molecule has 18 heteroatoms. The Bertz CT molecular complexity index is 2250. The number of nitrogens with two attached hydrogens (primary N) is 1. The molecule has 4 N–H and O–H groups in total. The van der Waals surface area contributed by atoms with Crippen LogP contribution in [0.2, 0.25) is 10.0 Å². The normalized spacial score (nSPS) is 10.9. The Morgan fingerprint density at radius 1 is 0.704 bits per heavy atom. The molecule has 0 aliphatic heterocycles. The molecule has 6 rings (SSSR count). The molecule has 0 aliphatic rings. The molecule has 0 atom stereocenters. The topological polar surface area (TPSA) is 182 Å². The van der Waals surface area contributed by atoms with Gasteiger partial charge in [0, 0.05) is 75.2 Å². The van der Waals surface area contributed by atoms with Crippen molar-refractivity contribution in [3.63, 3.8) is 0 Å². The lowest BCUT2D eigenvalue weighted by Gasteiger charge is -2.12. The molecular weight excluding hydrogens is 749 g/mol. The number of nitrogen functional groups attached to an aromatic ring is 1. The van der Waals surface area contributed by atoms with Crippen LogP contribution in [0.5, 0.6) is 11.5 Å². The smallest absolute Gasteiger partial charge is 0.311 e. The van der Waals surface area contributed by atoms with Gasteiger partial charge in [0.05, 0.1) is 50.3 Å². The van der Waals surface area contributed by atoms with E-state index in [1.165, 1.54) is 55.1 Å². The Hall–Kier alpha value is -5.68. The van der Waals surface area contributed by atoms with E-state index in [0.717, 1.165) is 11.8 Å². The molecule has 0 aliphatic carbocycles. The maximum atomic E-state index is 13.3. The second-order valence-electron chi connectivity index (χ2n) is 11.3. The molecule has 0 radical (unpaired) electrons. The molecule has 2 heterocycles. The fraction of sp³-hybridized carbons (Fsp3) is 0.222. The summed E-state index contributed by atoms with van der Waals surface area (Å²) in [6, 6.07) is 14.8. The van der Waals surface area contributed by atoms with Crippen molar-refractivity contribution in [3.8, 4) is 11.5 Å². The van der Waals surface area contributed by atoms with E-state index in [1.807, 2.05) is 0 Å². The van der Waals surface area contributed by atoms with Crippen LogP contribution in [0.3, 0.4) is 0 Å². The third-order valence-corrected chi connectivity index (χ3v) is 8.12. The fourth-order valence-electron chi connectivity index (χ4n) is 4.95. The molecule has 0 spiro atoms. The van der Waals surface area contributed by atoms with Crippen molar-refractivity contribution in [2.45, 2.75) is 12.8 Å². The average Bonchev–Trinajstić information content (AvgIpc) is 3.15. The zero-order valence-electron chi connectivity index (χ0n) is 28.9. The third kappa shape index (κ3) is 10.3. The largest absolute Gasteiger partial charge is 0.491 e. The van der Waals surface area contributed by atoms with Gasteiger partial charge in [0.2, 0.25) is 0 Å². The number of anilines is 5. The van der Waals surface area contributed by atoms with Crippen LogP contribution in [-0.2, 0) is 9.47 Å². The van der Waals surface area contributed by atoms with Crippen molar-refractivity contribution in [2.24, 2.45) is 0 Å². The number of ether oxygens (including phenoxy) is 4. The number of fused-ring (bicyclic) bond motifs is 2. The summed E-state index contributed by atoms with van der Waals surface area (Å²) in [6.07, 6.45) is 4.10. The lowest BCUT2D eigenvalue weighted by atomic mass is 10.2. The highest BCUT2D eigenvalue weighted by Crippen LogP contribution is 2.35. The van der Waals surface area contributed by atoms with E-state index in [1.54, 1.807) is 32.4 Å². The van der Waals surface area contributed by atoms with Gasteiger partial charge in [-0.05, 0) is 42.5 Å². The lowest BCUT2D eigenvalue weighted by molar-refractivity contribution is -0.385. The molecule has 2 aromatic heterocycles. The molecule has 0 fully saturated rings. The summed E-state index contributed by atoms with van der Waals surface area (Å²) in [5.74, 6) is 0.498. The molecule has 0 bridgehead atoms. The Balaban J connectivity index is 0.000000208. The van der Waals surface area contributed by atoms with Gasteiger partial charge in [-0.1, -0.05) is 23.2 Å². The molecule has 14 nitrogen and oxygen atoms in total. The summed E-state index contributed by atoms with van der Waals surface area (Å²) >= 11 is 11.6. The standard InChI is InChI=1S/C18H16ClFN4O4.C18H18ClFN4O2/c1-27-5-2-6-28-17-9-15-12(8-16(17)24(25)26)18(22-10-21-15)23-11-3-4-14(20)13(19)7-11;1-25-5-2-6-26-17-9-16-12(8-15(17)21)18(23-10-22-16)24-11-3-4-14(20)13(19)7-11/h3-4,7-10H,2,5-6H2,1H3,(H,21,22,23);3-4,7-10H,2,5-6,21H2,1H3,(H,22,23,24). The fourth-order valence-corrected chi connectivity index (χ4v) is 5.31. The predicted octanol–water partition coefficient (Wildman–Crippen LogP) is 8.65. The molecule has 282 valence electrons. The van der Waals surface area contributed by atoms with E-state index in [9.17, 15) is 18.9 Å². The van der Waals surface area contributed by atoms with Crippen LogP contribution in [0.4, 0.5) is 43.2 Å². The van der Waals surface area contributed by atoms with Crippen molar-refractivity contribution in [1.82, 2.24) is 19.9 Å². The van der Waals surface area contributed by atoms with Crippen molar-refractivity contribution < 1.29 is 32.7 Å². The number of benzene rings is 4. The van der Waals surface area contributed by atoms with Gasteiger partial charge in [0.1, 0.15) is 41.7 Å². The molecule has 54 heavy (non-hydrogen) atoms. The number of nitro benzene ring substituents is 1. The monoisotopic (exact) mass is 782 g/mol. The summed E-state index contributed by atoms with van der Waals surface area (Å²) in [7, 11) is 3.21. The number of halogens is 4. The van der Waals surface area contributed by atoms with Crippen LogP contribution < -0.4 is 25.8 Å². The van der Waals surface area contributed by atoms with Gasteiger partial charge in [-0.25, -0.2) is 28.7 Å². The minimum absolute atomic E-state index is 0.0274. The zero-order chi connectivity index (χ0) is 38.6. The quantitative estimate of drug-likeness (QED) is 0.0390. The summed E-state index contributed by atoms with van der Waals surface area (Å²) in [5, 5.41) is 18.7. The number of aromatic nitrogens is 4. The van der Waals surface area contributed by atoms with Gasteiger partial charge in [-0.15, -0.1) is 0 Å². The van der Waals surface area contributed by atoms with E-state index in [4.69, 9.17) is 47.9 Å². The summed E-state index contributed by atoms with van der Waals surface area (Å²) in [5.41, 5.74) is 8.58. The number of hydrogen-bond acceptors (Lipinski definition) is 13. The highest BCUT2D eigenvalue weighted by Gasteiger charge is 2.20. The molecule has 4 aromatic carbocycles. The number of nitrogens with one attached hydrogen (secondary N) is 2. The van der Waals surface area contributed by atoms with Gasteiger partial charge in [0.15, 0.2) is 5.75 Å². The van der Waals surface area contributed by atoms with E-state index in [-0.39, 0.29) is 28.1 Å². The van der Waals surface area contributed by atoms with Crippen LogP contribution in [0.25, 0.3) is 21.8 Å². The van der Waals surface area contributed by atoms with Crippen molar-refractivity contribution >= 4 is 79.4 Å². The van der Waals surface area contributed by atoms with Gasteiger partial charge >= 0.3 is 5.69 Å². The highest BCUT2D eigenvalue weighted by atomic mass is 35.5. The van der Waals surface area contributed by atoms with Crippen LogP contribution in [-0.4, -0.2) is 65.5 Å². The maximum absolute atomic E-state index is 13.3. The first kappa shape index (κ1) is 39.5. The molecule has 0 amide bonds. The third-order valence-electron chi connectivity index (χ3n) is 7.55. The van der Waals surface area contributed by atoms with Crippen LogP contribution >= 0.6 is 23.2 Å². The Morgan fingerprint density at radius 3 is 1.67 bits per heavy atom. The van der Waals surface area contributed by atoms with E-state index in [2.05, 4.69) is 30.6 Å². The molecule has 6 aromatic rings. The number of nitrogens with zero attached hydrogens (tertiary/aromatic N) is 5. The lowest BCUT2D eigenvalue weighted by Crippen LogP contribution is -2.04. The molecule has 0 saturated heterocycles. The van der Waals surface area contributed by atoms with Gasteiger partial charge in [-0.2, -0.15) is 0 Å². The minimum Gasteiger partial charge on any atom is -0.491 e. The van der Waals surface area contributed by atoms with Crippen molar-refractivity contribution in [2.75, 3.05) is 57.0 Å². The van der Waals surface area contributed by atoms with Gasteiger partial charge in [0.25, 0.3) is 0 Å². The first-order chi connectivity index (χ1) is 26.1. The highest BCUT2D eigenvalue weighted by molar-refractivity contribution is 6.31. The van der Waals surface area contributed by atoms with Gasteiger partial charge in [-0.3, -0.25) is 10.1 Å². The first-order valence-corrected chi connectivity index (χ1v) is 17.0. The van der Waals surface area contributed by atoms with Gasteiger partial charge < -0.3 is 35.3 Å². The van der Waals surface area contributed by atoms with Crippen molar-refractivity contribution in [3.05, 3.63) is 105 Å². The number of rotatable bonds is 15. The van der Waals surface area contributed by atoms with Crippen molar-refractivity contribution in [1.29, 1.82) is 0 Å². The van der Waals surface area contributed by atoms with Crippen LogP contribution in [0, 0.1) is 21.7 Å². The molecule has 0 unspecified atom stereocenters. The number of nitro groups is 1. The van der Waals surface area contributed by atoms with E-state index >= 15 is 0 Å². The first-order valence-electron chi connectivity index (χ1n) is 16.2. The summed E-state index contributed by atoms with van der Waals surface area (Å²) in [4.78, 5) is 27.7. The SMILES string of the molecule is COCCCOc1cc2ncnc(Nc3ccc(F)c(Cl)c3)c2cc1N.COCCCOc1cc2ncnc(Nc3ccc(F)c(Cl)c3)c2cc1[N+](=O)[O-]. The summed E-state index contributed by atoms with van der Waals surface area (Å²) < 4.78 is 47.8. The Kier molecular flexibility index (Phi) is 13.8. The molecule has 0 saturated carbocycles. The zero-order valence-corrected chi connectivity index (χ0v) is 30.5. The van der Waals surface area contributed by atoms with Crippen LogP contribution in [0.15, 0.2) is 73.3 Å². The summed E-state index contributed by atoms with van der Waals surface area (Å²) in [6.45, 7) is 1.86. The second kappa shape index (κ2) is 18.9. The molecular formula is C36H34Cl2F2N8O6. The Morgan fingerprint density at radius 2 is 1.19 bits per heavy atom. The predicted molar refractivity (Wildman–Crippen MR) is 204 cm³/mol. The minimum atomic E-state index is -0.550.